The van der Waals surface area contributed by atoms with Gasteiger partial charge in [0.15, 0.2) is 5.82 Å². The van der Waals surface area contributed by atoms with E-state index in [2.05, 4.69) is 124 Å². The number of carbonyl (C=O) groups excluding carboxylic acids is 1. The predicted molar refractivity (Wildman–Crippen MR) is 171 cm³/mol. The van der Waals surface area contributed by atoms with E-state index < -0.39 is 5.54 Å². The van der Waals surface area contributed by atoms with Crippen LogP contribution in [0.5, 0.6) is 0 Å². The lowest BCUT2D eigenvalue weighted by Gasteiger charge is -2.41. The van der Waals surface area contributed by atoms with Crippen molar-refractivity contribution in [3.63, 3.8) is 0 Å². The first kappa shape index (κ1) is 26.5. The highest BCUT2D eigenvalue weighted by atomic mass is 16.1. The number of carbonyl (C=O) groups is 1. The third kappa shape index (κ3) is 4.69. The number of tetrazole rings is 1. The summed E-state index contributed by atoms with van der Waals surface area (Å²) in [5.41, 5.74) is 5.52. The van der Waals surface area contributed by atoms with Gasteiger partial charge in [-0.05, 0) is 55.4 Å². The molecule has 1 heterocycles. The molecule has 0 N–H and O–H groups in total. The quantitative estimate of drug-likeness (QED) is 0.179. The van der Waals surface area contributed by atoms with Crippen LogP contribution in [0.3, 0.4) is 0 Å². The molecule has 0 amide bonds. The van der Waals surface area contributed by atoms with E-state index in [-0.39, 0.29) is 5.92 Å². The van der Waals surface area contributed by atoms with Crippen molar-refractivity contribution in [2.45, 2.75) is 18.4 Å². The summed E-state index contributed by atoms with van der Waals surface area (Å²) in [5, 5.41) is 16.0. The summed E-state index contributed by atoms with van der Waals surface area (Å²) in [6.07, 6.45) is 11.0. The Morgan fingerprint density at radius 3 is 2.14 bits per heavy atom. The number of rotatable bonds is 8. The molecule has 0 saturated heterocycles. The minimum Gasteiger partial charge on any atom is -0.298 e. The van der Waals surface area contributed by atoms with Crippen LogP contribution in [0.15, 0.2) is 146 Å². The second kappa shape index (κ2) is 11.5. The summed E-state index contributed by atoms with van der Waals surface area (Å²) in [5.74, 6) is 0.855. The van der Waals surface area contributed by atoms with Crippen LogP contribution in [0.2, 0.25) is 0 Å². The van der Waals surface area contributed by atoms with Crippen LogP contribution in [-0.2, 0) is 12.0 Å². The van der Waals surface area contributed by atoms with Crippen molar-refractivity contribution in [3.8, 4) is 11.1 Å². The number of allylic oxidation sites excluding steroid dienone is 4. The third-order valence-electron chi connectivity index (χ3n) is 8.51. The molecule has 0 bridgehead atoms. The van der Waals surface area contributed by atoms with E-state index >= 15 is 0 Å². The molecule has 0 spiro atoms. The Labute approximate surface area is 250 Å². The van der Waals surface area contributed by atoms with Gasteiger partial charge in [0.25, 0.3) is 0 Å². The van der Waals surface area contributed by atoms with Crippen molar-refractivity contribution in [1.29, 1.82) is 0 Å². The molecule has 1 aliphatic carbocycles. The molecule has 1 aromatic heterocycles. The number of aldehydes is 1. The molecule has 0 radical (unpaired) electrons. The Bertz CT molecular complexity index is 1900. The molecule has 7 rings (SSSR count). The van der Waals surface area contributed by atoms with Crippen molar-refractivity contribution in [1.82, 2.24) is 20.2 Å². The first-order valence-electron chi connectivity index (χ1n) is 14.6. The van der Waals surface area contributed by atoms with E-state index in [4.69, 9.17) is 5.21 Å². The largest absolute Gasteiger partial charge is 0.298 e. The molecule has 208 valence electrons. The number of hydrogen-bond acceptors (Lipinski definition) is 4. The average Bonchev–Trinajstić information content (AvgIpc) is 3.55. The molecule has 5 nitrogen and oxygen atoms in total. The standard InChI is InChI=1S/C38H30N4O/c43-27-28-20-22-30(23-21-28)37-31(25-24-29-12-10-11-19-35(29)37)26-36-39-40-41-42(36)38(32-13-4-1-5-14-32,33-15-6-2-7-16-33)34-17-8-3-9-18-34/h1-17,19-25,27,34H,18,26H2. The van der Waals surface area contributed by atoms with Crippen LogP contribution in [0.1, 0.15) is 39.3 Å². The fraction of sp³-hybridized carbons (Fsp3) is 0.105. The van der Waals surface area contributed by atoms with E-state index in [0.29, 0.717) is 12.0 Å². The zero-order valence-electron chi connectivity index (χ0n) is 23.6. The molecule has 43 heavy (non-hydrogen) atoms. The summed E-state index contributed by atoms with van der Waals surface area (Å²) >= 11 is 0. The van der Waals surface area contributed by atoms with Crippen LogP contribution < -0.4 is 0 Å². The van der Waals surface area contributed by atoms with Crippen LogP contribution >= 0.6 is 0 Å². The van der Waals surface area contributed by atoms with Crippen LogP contribution in [0.25, 0.3) is 21.9 Å². The van der Waals surface area contributed by atoms with Crippen molar-refractivity contribution in [2.24, 2.45) is 5.92 Å². The molecule has 0 aliphatic heterocycles. The Hall–Kier alpha value is -5.42. The number of benzene rings is 5. The van der Waals surface area contributed by atoms with E-state index in [9.17, 15) is 4.79 Å². The van der Waals surface area contributed by atoms with Crippen molar-refractivity contribution in [2.75, 3.05) is 0 Å². The van der Waals surface area contributed by atoms with Gasteiger partial charge in [0, 0.05) is 17.9 Å². The topological polar surface area (TPSA) is 60.7 Å². The van der Waals surface area contributed by atoms with Gasteiger partial charge in [-0.15, -0.1) is 5.10 Å². The Morgan fingerprint density at radius 1 is 0.767 bits per heavy atom. The summed E-state index contributed by atoms with van der Waals surface area (Å²) in [6.45, 7) is 0. The summed E-state index contributed by atoms with van der Waals surface area (Å²) in [4.78, 5) is 11.4. The molecule has 1 atom stereocenters. The number of aromatic nitrogens is 4. The molecule has 5 aromatic carbocycles. The normalized spacial score (nSPS) is 14.7. The summed E-state index contributed by atoms with van der Waals surface area (Å²) < 4.78 is 2.06. The van der Waals surface area contributed by atoms with Crippen molar-refractivity contribution < 1.29 is 4.79 Å². The van der Waals surface area contributed by atoms with Gasteiger partial charge in [-0.1, -0.05) is 146 Å². The van der Waals surface area contributed by atoms with Gasteiger partial charge >= 0.3 is 0 Å². The summed E-state index contributed by atoms with van der Waals surface area (Å²) in [6, 6.07) is 41.7. The van der Waals surface area contributed by atoms with Gasteiger partial charge in [0.05, 0.1) is 0 Å². The lowest BCUT2D eigenvalue weighted by Crippen LogP contribution is -2.45. The van der Waals surface area contributed by atoms with Gasteiger partial charge in [-0.25, -0.2) is 4.68 Å². The maximum absolute atomic E-state index is 11.4. The van der Waals surface area contributed by atoms with E-state index in [1.54, 1.807) is 0 Å². The third-order valence-corrected chi connectivity index (χ3v) is 8.51. The van der Waals surface area contributed by atoms with Crippen molar-refractivity contribution >= 4 is 17.1 Å². The fourth-order valence-corrected chi connectivity index (χ4v) is 6.56. The smallest absolute Gasteiger partial charge is 0.157 e. The van der Waals surface area contributed by atoms with Crippen LogP contribution in [-0.4, -0.2) is 26.5 Å². The number of hydrogen-bond donors (Lipinski definition) is 0. The van der Waals surface area contributed by atoms with Crippen LogP contribution in [0.4, 0.5) is 0 Å². The lowest BCUT2D eigenvalue weighted by atomic mass is 9.70. The van der Waals surface area contributed by atoms with Gasteiger partial charge in [0.1, 0.15) is 11.8 Å². The Balaban J connectivity index is 1.45. The minimum absolute atomic E-state index is 0.0801. The fourth-order valence-electron chi connectivity index (χ4n) is 6.56. The monoisotopic (exact) mass is 558 g/mol. The highest BCUT2D eigenvalue weighted by molar-refractivity contribution is 5.98. The molecule has 6 aromatic rings. The highest BCUT2D eigenvalue weighted by Crippen LogP contribution is 2.45. The first-order chi connectivity index (χ1) is 21.3. The van der Waals surface area contributed by atoms with E-state index in [1.165, 1.54) is 0 Å². The van der Waals surface area contributed by atoms with Crippen LogP contribution in [0, 0.1) is 5.92 Å². The maximum Gasteiger partial charge on any atom is 0.157 e. The van der Waals surface area contributed by atoms with E-state index in [0.717, 1.165) is 57.1 Å². The molecular formula is C38H30N4O. The Kier molecular flexibility index (Phi) is 7.05. The zero-order chi connectivity index (χ0) is 29.1. The first-order valence-corrected chi connectivity index (χ1v) is 14.6. The molecule has 1 aliphatic rings. The maximum atomic E-state index is 11.4. The number of fused-ring (bicyclic) bond motifs is 1. The van der Waals surface area contributed by atoms with Crippen molar-refractivity contribution in [3.05, 3.63) is 174 Å². The molecule has 0 saturated carbocycles. The molecule has 5 heteroatoms. The van der Waals surface area contributed by atoms with Gasteiger partial charge in [0.2, 0.25) is 0 Å². The highest BCUT2D eigenvalue weighted by Gasteiger charge is 2.45. The predicted octanol–water partition coefficient (Wildman–Crippen LogP) is 7.82. The lowest BCUT2D eigenvalue weighted by molar-refractivity contribution is 0.112. The number of nitrogens with zero attached hydrogens (tertiary/aromatic N) is 4. The average molecular weight is 559 g/mol. The van der Waals surface area contributed by atoms with Gasteiger partial charge < -0.3 is 0 Å². The molecule has 1 unspecified atom stereocenters. The zero-order valence-corrected chi connectivity index (χ0v) is 23.6. The van der Waals surface area contributed by atoms with Gasteiger partial charge in [-0.3, -0.25) is 4.79 Å². The second-order valence-corrected chi connectivity index (χ2v) is 10.9. The second-order valence-electron chi connectivity index (χ2n) is 10.9. The van der Waals surface area contributed by atoms with Gasteiger partial charge in [-0.2, -0.15) is 0 Å². The SMILES string of the molecule is O=Cc1ccc(-c2c(Cc3nnnn3C(c3ccccc3)(c3ccccc3)C3C=CC=CC3)ccc3ccccc23)cc1. The summed E-state index contributed by atoms with van der Waals surface area (Å²) in [7, 11) is 0. The molecular weight excluding hydrogens is 528 g/mol. The Morgan fingerprint density at radius 2 is 1.47 bits per heavy atom. The minimum atomic E-state index is -0.675. The van der Waals surface area contributed by atoms with E-state index in [1.807, 2.05) is 36.4 Å². The molecule has 0 fully saturated rings.